The molecule has 6 nitrogen and oxygen atoms in total. The molecule has 0 amide bonds. The highest BCUT2D eigenvalue weighted by Gasteiger charge is 2.03. The van der Waals surface area contributed by atoms with E-state index in [4.69, 9.17) is 22.0 Å². The maximum absolute atomic E-state index is 8.77. The lowest BCUT2D eigenvalue weighted by atomic mass is 10.2. The van der Waals surface area contributed by atoms with Gasteiger partial charge in [-0.05, 0) is 18.2 Å². The van der Waals surface area contributed by atoms with Crippen molar-refractivity contribution in [2.45, 2.75) is 13.1 Å². The molecule has 0 aliphatic rings. The molecule has 0 aliphatic heterocycles. The minimum Gasteiger partial charge on any atom is -0.394 e. The van der Waals surface area contributed by atoms with Crippen molar-refractivity contribution in [1.82, 2.24) is 15.0 Å². The van der Waals surface area contributed by atoms with E-state index in [2.05, 4.69) is 15.6 Å². The van der Waals surface area contributed by atoms with Crippen LogP contribution in [0.15, 0.2) is 24.4 Å². The van der Waals surface area contributed by atoms with Gasteiger partial charge < -0.3 is 10.4 Å². The zero-order valence-electron chi connectivity index (χ0n) is 10.0. The zero-order valence-corrected chi connectivity index (χ0v) is 10.8. The molecular formula is C12H12ClN5O. The van der Waals surface area contributed by atoms with E-state index >= 15 is 0 Å². The molecule has 0 radical (unpaired) electrons. The molecule has 7 heteroatoms. The Hall–Kier alpha value is -2.10. The van der Waals surface area contributed by atoms with Crippen LogP contribution in [0.4, 0.5) is 5.69 Å². The van der Waals surface area contributed by atoms with E-state index in [1.54, 1.807) is 29.1 Å². The van der Waals surface area contributed by atoms with Crippen molar-refractivity contribution >= 4 is 17.3 Å². The van der Waals surface area contributed by atoms with Crippen LogP contribution < -0.4 is 5.32 Å². The number of nitriles is 1. The lowest BCUT2D eigenvalue weighted by molar-refractivity contribution is 0.268. The van der Waals surface area contributed by atoms with Gasteiger partial charge in [0.25, 0.3) is 0 Å². The zero-order chi connectivity index (χ0) is 13.7. The van der Waals surface area contributed by atoms with Gasteiger partial charge in [0.1, 0.15) is 11.8 Å². The number of halogens is 1. The summed E-state index contributed by atoms with van der Waals surface area (Å²) in [6.07, 6.45) is 1.76. The van der Waals surface area contributed by atoms with E-state index < -0.39 is 0 Å². The third-order valence-electron chi connectivity index (χ3n) is 2.48. The molecule has 0 atom stereocenters. The molecule has 2 aromatic rings. The number of nitrogens with one attached hydrogen (secondary N) is 1. The fourth-order valence-electron chi connectivity index (χ4n) is 1.54. The largest absolute Gasteiger partial charge is 0.394 e. The second kappa shape index (κ2) is 6.18. The molecule has 1 aromatic carbocycles. The van der Waals surface area contributed by atoms with Crippen LogP contribution in [0.25, 0.3) is 0 Å². The van der Waals surface area contributed by atoms with E-state index in [0.717, 1.165) is 11.4 Å². The lowest BCUT2D eigenvalue weighted by Gasteiger charge is -2.05. The number of nitrogens with zero attached hydrogens (tertiary/aromatic N) is 4. The highest BCUT2D eigenvalue weighted by molar-refractivity contribution is 6.32. The summed E-state index contributed by atoms with van der Waals surface area (Å²) in [6.45, 7) is 0.949. The first-order valence-electron chi connectivity index (χ1n) is 5.66. The Morgan fingerprint density at radius 1 is 1.47 bits per heavy atom. The van der Waals surface area contributed by atoms with Crippen molar-refractivity contribution in [3.63, 3.8) is 0 Å². The highest BCUT2D eigenvalue weighted by atomic mass is 35.5. The van der Waals surface area contributed by atoms with E-state index in [0.29, 0.717) is 23.7 Å². The molecule has 0 bridgehead atoms. The molecule has 98 valence electrons. The molecule has 2 rings (SSSR count). The molecule has 1 heterocycles. The Bertz CT molecular complexity index is 604. The number of aliphatic hydroxyl groups excluding tert-OH is 1. The monoisotopic (exact) mass is 277 g/mol. The second-order valence-corrected chi connectivity index (χ2v) is 4.26. The number of rotatable bonds is 5. The van der Waals surface area contributed by atoms with Gasteiger partial charge >= 0.3 is 0 Å². The quantitative estimate of drug-likeness (QED) is 0.863. The normalized spacial score (nSPS) is 10.2. The van der Waals surface area contributed by atoms with E-state index in [9.17, 15) is 0 Å². The summed E-state index contributed by atoms with van der Waals surface area (Å²) in [5, 5.41) is 28.9. The molecule has 0 saturated heterocycles. The van der Waals surface area contributed by atoms with Crippen molar-refractivity contribution < 1.29 is 5.11 Å². The van der Waals surface area contributed by atoms with Gasteiger partial charge in [0.05, 0.1) is 36.5 Å². The van der Waals surface area contributed by atoms with Crippen LogP contribution >= 0.6 is 11.6 Å². The Morgan fingerprint density at radius 2 is 2.32 bits per heavy atom. The number of benzene rings is 1. The summed E-state index contributed by atoms with van der Waals surface area (Å²) in [4.78, 5) is 0. The fourth-order valence-corrected chi connectivity index (χ4v) is 1.76. The summed E-state index contributed by atoms with van der Waals surface area (Å²) in [7, 11) is 0. The van der Waals surface area contributed by atoms with Gasteiger partial charge in [0.2, 0.25) is 0 Å². The van der Waals surface area contributed by atoms with Gasteiger partial charge in [0.15, 0.2) is 0 Å². The average Bonchev–Trinajstić information content (AvgIpc) is 2.85. The highest BCUT2D eigenvalue weighted by Crippen LogP contribution is 2.20. The average molecular weight is 278 g/mol. The Kier molecular flexibility index (Phi) is 4.34. The molecule has 1 aromatic heterocycles. The summed E-state index contributed by atoms with van der Waals surface area (Å²) < 4.78 is 1.57. The number of hydrogen-bond acceptors (Lipinski definition) is 5. The van der Waals surface area contributed by atoms with Crippen molar-refractivity contribution in [2.75, 3.05) is 11.9 Å². The first-order chi connectivity index (χ1) is 9.22. The molecule has 19 heavy (non-hydrogen) atoms. The minimum absolute atomic E-state index is 0.0292. The number of aliphatic hydroxyl groups is 1. The van der Waals surface area contributed by atoms with E-state index in [1.807, 2.05) is 6.07 Å². The maximum Gasteiger partial charge on any atom is 0.102 e. The van der Waals surface area contributed by atoms with Gasteiger partial charge in [0, 0.05) is 5.69 Å². The van der Waals surface area contributed by atoms with Gasteiger partial charge in [-0.1, -0.05) is 16.8 Å². The van der Waals surface area contributed by atoms with Gasteiger partial charge in [-0.3, -0.25) is 0 Å². The fraction of sp³-hybridized carbons (Fsp3) is 0.250. The van der Waals surface area contributed by atoms with Crippen LogP contribution in [0.1, 0.15) is 11.3 Å². The van der Waals surface area contributed by atoms with Crippen molar-refractivity contribution in [2.24, 2.45) is 0 Å². The first-order valence-corrected chi connectivity index (χ1v) is 6.04. The summed E-state index contributed by atoms with van der Waals surface area (Å²) in [5.74, 6) is 0. The number of aromatic nitrogens is 3. The van der Waals surface area contributed by atoms with Crippen LogP contribution in [0.5, 0.6) is 0 Å². The van der Waals surface area contributed by atoms with E-state index in [1.165, 1.54) is 0 Å². The third kappa shape index (κ3) is 3.44. The Balaban J connectivity index is 1.98. The summed E-state index contributed by atoms with van der Waals surface area (Å²) in [5.41, 5.74) is 2.01. The number of anilines is 1. The molecule has 0 fully saturated rings. The number of hydrogen-bond donors (Lipinski definition) is 2. The SMILES string of the molecule is N#Cc1ccc(NCc2cn(CCO)nn2)cc1Cl. The summed E-state index contributed by atoms with van der Waals surface area (Å²) in [6, 6.07) is 7.14. The lowest BCUT2D eigenvalue weighted by Crippen LogP contribution is -2.02. The standard InChI is InChI=1S/C12H12ClN5O/c13-12-5-10(2-1-9(12)6-14)15-7-11-8-18(3-4-19)17-16-11/h1-2,5,8,15,19H,3-4,7H2. The minimum atomic E-state index is 0.0292. The maximum atomic E-state index is 8.77. The predicted octanol–water partition coefficient (Wildman–Crippen LogP) is 1.41. The van der Waals surface area contributed by atoms with Crippen molar-refractivity contribution in [1.29, 1.82) is 5.26 Å². The summed E-state index contributed by atoms with van der Waals surface area (Å²) >= 11 is 5.93. The first kappa shape index (κ1) is 13.3. The van der Waals surface area contributed by atoms with Crippen LogP contribution in [-0.2, 0) is 13.1 Å². The third-order valence-corrected chi connectivity index (χ3v) is 2.79. The molecule has 2 N–H and O–H groups in total. The van der Waals surface area contributed by atoms with E-state index in [-0.39, 0.29) is 6.61 Å². The van der Waals surface area contributed by atoms with Crippen LogP contribution in [0.2, 0.25) is 5.02 Å². The Morgan fingerprint density at radius 3 is 3.00 bits per heavy atom. The second-order valence-electron chi connectivity index (χ2n) is 3.86. The molecule has 0 saturated carbocycles. The van der Waals surface area contributed by atoms with Gasteiger partial charge in [-0.25, -0.2) is 4.68 Å². The van der Waals surface area contributed by atoms with Crippen molar-refractivity contribution in [3.05, 3.63) is 40.7 Å². The van der Waals surface area contributed by atoms with Crippen LogP contribution in [-0.4, -0.2) is 26.7 Å². The molecule has 0 spiro atoms. The molecular weight excluding hydrogens is 266 g/mol. The predicted molar refractivity (Wildman–Crippen MR) is 70.6 cm³/mol. The van der Waals surface area contributed by atoms with Gasteiger partial charge in [-0.2, -0.15) is 5.26 Å². The molecule has 0 unspecified atom stereocenters. The smallest absolute Gasteiger partial charge is 0.102 e. The van der Waals surface area contributed by atoms with Crippen molar-refractivity contribution in [3.8, 4) is 6.07 Å². The Labute approximate surface area is 115 Å². The van der Waals surface area contributed by atoms with Gasteiger partial charge in [-0.15, -0.1) is 5.10 Å². The van der Waals surface area contributed by atoms with Crippen LogP contribution in [0, 0.1) is 11.3 Å². The van der Waals surface area contributed by atoms with Crippen LogP contribution in [0.3, 0.4) is 0 Å². The molecule has 0 aliphatic carbocycles. The topological polar surface area (TPSA) is 86.8 Å².